The van der Waals surface area contributed by atoms with Crippen LogP contribution in [-0.4, -0.2) is 64.0 Å². The van der Waals surface area contributed by atoms with E-state index in [9.17, 15) is 29.7 Å². The molecular weight excluding hydrogens is 392 g/mol. The summed E-state index contributed by atoms with van der Waals surface area (Å²) in [5.41, 5.74) is 0.782. The highest BCUT2D eigenvalue weighted by atomic mass is 16.5. The summed E-state index contributed by atoms with van der Waals surface area (Å²) in [6, 6.07) is 4.30. The zero-order valence-corrected chi connectivity index (χ0v) is 17.4. The van der Waals surface area contributed by atoms with Crippen LogP contribution in [0, 0.1) is 5.92 Å². The largest absolute Gasteiger partial charge is 0.507 e. The van der Waals surface area contributed by atoms with Crippen molar-refractivity contribution in [2.45, 2.75) is 64.4 Å². The molecule has 2 rings (SSSR count). The molecule has 1 heterocycles. The predicted octanol–water partition coefficient (Wildman–Crippen LogP) is 0.253. The van der Waals surface area contributed by atoms with E-state index in [1.165, 1.54) is 13.0 Å². The van der Waals surface area contributed by atoms with Crippen molar-refractivity contribution in [3.05, 3.63) is 29.3 Å². The summed E-state index contributed by atoms with van der Waals surface area (Å²) >= 11 is 0. The minimum atomic E-state index is -1.36. The lowest BCUT2D eigenvalue weighted by Gasteiger charge is -2.33. The number of esters is 1. The van der Waals surface area contributed by atoms with Crippen LogP contribution in [0.5, 0.6) is 5.75 Å². The first-order valence-corrected chi connectivity index (χ1v) is 10.00. The Bertz CT molecular complexity index is 781. The number of hydrogen-bond acceptors (Lipinski definition) is 7. The van der Waals surface area contributed by atoms with Crippen LogP contribution in [0.15, 0.2) is 18.2 Å². The molecule has 9 nitrogen and oxygen atoms in total. The maximum absolute atomic E-state index is 12.5. The van der Waals surface area contributed by atoms with Gasteiger partial charge >= 0.3 is 5.97 Å². The fourth-order valence-corrected chi connectivity index (χ4v) is 3.46. The smallest absolute Gasteiger partial charge is 0.342 e. The quantitative estimate of drug-likeness (QED) is 0.359. The first-order valence-electron chi connectivity index (χ1n) is 10.00. The SMILES string of the molecule is CC(=O)NCC(O)C(O)CC(=O)NC(CC(C)C)C1Cc2cccc(O)c2C(=O)O1. The van der Waals surface area contributed by atoms with E-state index < -0.39 is 36.2 Å². The molecule has 0 bridgehead atoms. The van der Waals surface area contributed by atoms with Gasteiger partial charge in [0.25, 0.3) is 0 Å². The molecule has 1 aromatic carbocycles. The number of cyclic esters (lactones) is 1. The van der Waals surface area contributed by atoms with E-state index in [-0.39, 0.29) is 36.1 Å². The van der Waals surface area contributed by atoms with Crippen LogP contribution in [0.3, 0.4) is 0 Å². The summed E-state index contributed by atoms with van der Waals surface area (Å²) in [7, 11) is 0. The van der Waals surface area contributed by atoms with Crippen molar-refractivity contribution >= 4 is 17.8 Å². The molecule has 30 heavy (non-hydrogen) atoms. The number of carbonyl (C=O) groups excluding carboxylic acids is 3. The summed E-state index contributed by atoms with van der Waals surface area (Å²) in [4.78, 5) is 35.8. The molecule has 0 spiro atoms. The number of fused-ring (bicyclic) bond motifs is 1. The van der Waals surface area contributed by atoms with Gasteiger partial charge in [0.2, 0.25) is 11.8 Å². The van der Waals surface area contributed by atoms with Crippen LogP contribution in [0.25, 0.3) is 0 Å². The molecule has 0 fully saturated rings. The first-order chi connectivity index (χ1) is 14.1. The van der Waals surface area contributed by atoms with E-state index >= 15 is 0 Å². The van der Waals surface area contributed by atoms with Crippen LogP contribution < -0.4 is 10.6 Å². The molecule has 2 amide bonds. The average molecular weight is 422 g/mol. The number of hydrogen-bond donors (Lipinski definition) is 5. The number of aromatic hydroxyl groups is 1. The van der Waals surface area contributed by atoms with Crippen LogP contribution in [0.1, 0.15) is 49.5 Å². The number of rotatable bonds is 9. The molecule has 4 atom stereocenters. The summed E-state index contributed by atoms with van der Waals surface area (Å²) in [5.74, 6) is -1.46. The Labute approximate surface area is 175 Å². The van der Waals surface area contributed by atoms with Crippen molar-refractivity contribution in [1.29, 1.82) is 0 Å². The minimum Gasteiger partial charge on any atom is -0.507 e. The number of aliphatic hydroxyl groups is 2. The number of ether oxygens (including phenoxy) is 1. The van der Waals surface area contributed by atoms with E-state index in [0.29, 0.717) is 18.4 Å². The maximum Gasteiger partial charge on any atom is 0.342 e. The highest BCUT2D eigenvalue weighted by Gasteiger charge is 2.35. The van der Waals surface area contributed by atoms with E-state index in [1.54, 1.807) is 12.1 Å². The van der Waals surface area contributed by atoms with Gasteiger partial charge in [0.1, 0.15) is 17.4 Å². The Morgan fingerprint density at radius 1 is 1.23 bits per heavy atom. The molecule has 1 aromatic rings. The van der Waals surface area contributed by atoms with Gasteiger partial charge in [-0.15, -0.1) is 0 Å². The number of aliphatic hydroxyl groups excluding tert-OH is 2. The Hall–Kier alpha value is -2.65. The summed E-state index contributed by atoms with van der Waals surface area (Å²) in [5, 5.41) is 35.0. The molecule has 1 aliphatic heterocycles. The number of amides is 2. The Morgan fingerprint density at radius 2 is 1.93 bits per heavy atom. The fraction of sp³-hybridized carbons (Fsp3) is 0.571. The highest BCUT2D eigenvalue weighted by Crippen LogP contribution is 2.30. The minimum absolute atomic E-state index is 0.139. The van der Waals surface area contributed by atoms with Crippen molar-refractivity contribution in [1.82, 2.24) is 10.6 Å². The molecule has 9 heteroatoms. The molecule has 166 valence electrons. The second-order valence-corrected chi connectivity index (χ2v) is 8.04. The molecular formula is C21H30N2O7. The van der Waals surface area contributed by atoms with Crippen LogP contribution in [-0.2, 0) is 20.7 Å². The van der Waals surface area contributed by atoms with E-state index in [1.807, 2.05) is 13.8 Å². The standard InChI is InChI=1S/C21H30N2O7/c1-11(2)7-14(23-19(28)9-16(26)17(27)10-22-12(3)24)18-8-13-5-4-6-15(25)20(13)21(29)30-18/h4-6,11,14,16-18,25-27H,7-10H2,1-3H3,(H,22,24)(H,23,28). The molecule has 5 N–H and O–H groups in total. The lowest BCUT2D eigenvalue weighted by molar-refractivity contribution is -0.126. The van der Waals surface area contributed by atoms with Crippen molar-refractivity contribution < 1.29 is 34.4 Å². The third-order valence-electron chi connectivity index (χ3n) is 4.93. The monoisotopic (exact) mass is 422 g/mol. The van der Waals surface area contributed by atoms with Crippen molar-refractivity contribution in [3.63, 3.8) is 0 Å². The molecule has 1 aliphatic rings. The summed E-state index contributed by atoms with van der Waals surface area (Å²) in [6.45, 7) is 5.05. The lowest BCUT2D eigenvalue weighted by Crippen LogP contribution is -2.50. The maximum atomic E-state index is 12.5. The van der Waals surface area contributed by atoms with Gasteiger partial charge in [0.05, 0.1) is 24.7 Å². The predicted molar refractivity (Wildman–Crippen MR) is 108 cm³/mol. The lowest BCUT2D eigenvalue weighted by atomic mass is 9.90. The number of benzene rings is 1. The highest BCUT2D eigenvalue weighted by molar-refractivity contribution is 5.95. The van der Waals surface area contributed by atoms with Gasteiger partial charge in [-0.2, -0.15) is 0 Å². The van der Waals surface area contributed by atoms with Crippen LogP contribution in [0.2, 0.25) is 0 Å². The zero-order chi connectivity index (χ0) is 22.4. The number of phenols is 1. The fourth-order valence-electron chi connectivity index (χ4n) is 3.46. The van der Waals surface area contributed by atoms with Gasteiger partial charge in [0.15, 0.2) is 0 Å². The third kappa shape index (κ3) is 6.43. The molecule has 4 unspecified atom stereocenters. The van der Waals surface area contributed by atoms with Gasteiger partial charge in [-0.3, -0.25) is 9.59 Å². The average Bonchev–Trinajstić information content (AvgIpc) is 2.64. The molecule has 0 saturated heterocycles. The summed E-state index contributed by atoms with van der Waals surface area (Å²) < 4.78 is 5.50. The van der Waals surface area contributed by atoms with Crippen LogP contribution in [0.4, 0.5) is 0 Å². The Morgan fingerprint density at radius 3 is 2.57 bits per heavy atom. The summed E-state index contributed by atoms with van der Waals surface area (Å²) in [6.07, 6.45) is -2.77. The van der Waals surface area contributed by atoms with Gasteiger partial charge in [0, 0.05) is 19.9 Å². The molecule has 0 aromatic heterocycles. The second kappa shape index (κ2) is 10.4. The van der Waals surface area contributed by atoms with Gasteiger partial charge in [-0.1, -0.05) is 26.0 Å². The van der Waals surface area contributed by atoms with Crippen molar-refractivity contribution in [3.8, 4) is 5.75 Å². The number of nitrogens with one attached hydrogen (secondary N) is 2. The number of carbonyl (C=O) groups is 3. The normalized spacial score (nSPS) is 18.7. The van der Waals surface area contributed by atoms with Crippen molar-refractivity contribution in [2.75, 3.05) is 6.54 Å². The van der Waals surface area contributed by atoms with Gasteiger partial charge in [-0.25, -0.2) is 4.79 Å². The topological polar surface area (TPSA) is 145 Å². The van der Waals surface area contributed by atoms with Gasteiger partial charge in [-0.05, 0) is 24.0 Å². The first kappa shape index (κ1) is 23.6. The molecule has 0 radical (unpaired) electrons. The molecule has 0 aliphatic carbocycles. The van der Waals surface area contributed by atoms with Crippen molar-refractivity contribution in [2.24, 2.45) is 5.92 Å². The third-order valence-corrected chi connectivity index (χ3v) is 4.93. The van der Waals surface area contributed by atoms with E-state index in [2.05, 4.69) is 10.6 Å². The Balaban J connectivity index is 2.05. The molecule has 0 saturated carbocycles. The second-order valence-electron chi connectivity index (χ2n) is 8.04. The van der Waals surface area contributed by atoms with E-state index in [0.717, 1.165) is 0 Å². The van der Waals surface area contributed by atoms with Crippen LogP contribution >= 0.6 is 0 Å². The zero-order valence-electron chi connectivity index (χ0n) is 17.4. The van der Waals surface area contributed by atoms with E-state index in [4.69, 9.17) is 4.74 Å². The number of phenolic OH excluding ortho intramolecular Hbond substituents is 1. The Kier molecular flexibility index (Phi) is 8.19. The van der Waals surface area contributed by atoms with Gasteiger partial charge < -0.3 is 30.7 Å².